The third kappa shape index (κ3) is 0.761. The minimum atomic E-state index is -0.131. The maximum absolute atomic E-state index is 13.4. The van der Waals surface area contributed by atoms with Crippen molar-refractivity contribution in [2.45, 2.75) is 46.6 Å². The minimum absolute atomic E-state index is 0.0183. The van der Waals surface area contributed by atoms with Gasteiger partial charge in [0, 0.05) is 24.8 Å². The van der Waals surface area contributed by atoms with Gasteiger partial charge in [0.1, 0.15) is 0 Å². The summed E-state index contributed by atoms with van der Waals surface area (Å²) >= 11 is 5.13. The van der Waals surface area contributed by atoms with E-state index in [4.69, 9.17) is 0 Å². The summed E-state index contributed by atoms with van der Waals surface area (Å²) in [5.74, 6) is 2.42. The van der Waals surface area contributed by atoms with Crippen molar-refractivity contribution in [1.82, 2.24) is 4.90 Å². The number of nitrogens with zero attached hydrogens (tertiary/aromatic N) is 2. The number of carbonyl (C=O) groups excluding carboxylic acids is 1. The summed E-state index contributed by atoms with van der Waals surface area (Å²) in [7, 11) is 0. The second kappa shape index (κ2) is 3.15. The van der Waals surface area contributed by atoms with Gasteiger partial charge in [-0.05, 0) is 45.4 Å². The first kappa shape index (κ1) is 13.8. The molecule has 6 aliphatic carbocycles. The summed E-state index contributed by atoms with van der Waals surface area (Å²) in [6.45, 7) is 8.48. The fraction of sp³-hybridized carbons (Fsp3) is 0.875. The Morgan fingerprint density at radius 3 is 1.95 bits per heavy atom. The monoisotopic (exact) mass is 508 g/mol. The quantitative estimate of drug-likeness (QED) is 0.435. The molecule has 112 valence electrons. The Hall–Kier alpha value is 0.420. The highest BCUT2D eigenvalue weighted by atomic mass is 127. The van der Waals surface area contributed by atoms with Crippen LogP contribution in [0.4, 0.5) is 0 Å². The minimum Gasteiger partial charge on any atom is -0.337 e. The molecule has 0 bridgehead atoms. The number of hydrogen-bond acceptors (Lipinski definition) is 2. The van der Waals surface area contributed by atoms with Crippen LogP contribution in [-0.4, -0.2) is 29.7 Å². The van der Waals surface area contributed by atoms with E-state index in [1.165, 1.54) is 0 Å². The van der Waals surface area contributed by atoms with Gasteiger partial charge in [-0.1, -0.05) is 45.2 Å². The first-order valence-corrected chi connectivity index (χ1v) is 9.99. The van der Waals surface area contributed by atoms with Crippen LogP contribution in [0.2, 0.25) is 0 Å². The molecule has 6 aliphatic rings. The van der Waals surface area contributed by atoms with E-state index in [0.717, 1.165) is 0 Å². The average Bonchev–Trinajstić information content (AvgIpc) is 2.35. The molecule has 6 saturated carbocycles. The van der Waals surface area contributed by atoms with Crippen LogP contribution in [0.1, 0.15) is 27.7 Å². The Morgan fingerprint density at radius 1 is 1.14 bits per heavy atom. The lowest BCUT2D eigenvalue weighted by atomic mass is 8.92. The highest BCUT2D eigenvalue weighted by molar-refractivity contribution is 14.1. The van der Waals surface area contributed by atoms with Crippen LogP contribution in [0.5, 0.6) is 0 Å². The fourth-order valence-electron chi connectivity index (χ4n) is 7.53. The number of nitriles is 1. The van der Waals surface area contributed by atoms with Crippen LogP contribution in [-0.2, 0) is 4.79 Å². The van der Waals surface area contributed by atoms with Crippen molar-refractivity contribution < 1.29 is 4.79 Å². The van der Waals surface area contributed by atoms with Gasteiger partial charge in [0.05, 0.1) is 16.9 Å². The molecule has 0 aromatic heterocycles. The second-order valence-corrected chi connectivity index (χ2v) is 11.8. The van der Waals surface area contributed by atoms with E-state index in [1.807, 2.05) is 0 Å². The molecular weight excluding hydrogens is 490 g/mol. The van der Waals surface area contributed by atoms with E-state index in [2.05, 4.69) is 83.8 Å². The second-order valence-electron chi connectivity index (χ2n) is 8.20. The summed E-state index contributed by atoms with van der Waals surface area (Å²) in [5, 5.41) is 9.60. The maximum atomic E-state index is 13.4. The van der Waals surface area contributed by atoms with Crippen molar-refractivity contribution in [2.24, 2.45) is 34.5 Å². The van der Waals surface area contributed by atoms with Gasteiger partial charge in [0.15, 0.2) is 0 Å². The number of rotatable bonds is 3. The van der Waals surface area contributed by atoms with E-state index in [-0.39, 0.29) is 29.8 Å². The normalized spacial score (nSPS) is 62.6. The zero-order chi connectivity index (χ0) is 15.3. The Morgan fingerprint density at radius 2 is 1.62 bits per heavy atom. The van der Waals surface area contributed by atoms with Crippen LogP contribution in [0.3, 0.4) is 0 Å². The predicted octanol–water partition coefficient (Wildman–Crippen LogP) is 3.01. The maximum Gasteiger partial charge on any atom is 0.232 e. The third-order valence-electron chi connectivity index (χ3n) is 7.56. The van der Waals surface area contributed by atoms with Gasteiger partial charge in [0.2, 0.25) is 5.91 Å². The molecule has 0 spiro atoms. The zero-order valence-electron chi connectivity index (χ0n) is 12.5. The molecule has 0 aliphatic heterocycles. The topological polar surface area (TPSA) is 44.1 Å². The molecule has 0 aromatic carbocycles. The van der Waals surface area contributed by atoms with Crippen molar-refractivity contribution in [1.29, 1.82) is 5.26 Å². The first-order valence-electron chi connectivity index (χ1n) is 7.83. The fourth-order valence-corrected chi connectivity index (χ4v) is 14.5. The molecule has 1 amide bonds. The van der Waals surface area contributed by atoms with Crippen LogP contribution < -0.4 is 0 Å². The summed E-state index contributed by atoms with van der Waals surface area (Å²) < 4.78 is 0.223. The van der Waals surface area contributed by atoms with Crippen LogP contribution in [0.25, 0.3) is 0 Å². The molecule has 4 atom stereocenters. The molecule has 0 aromatic rings. The van der Waals surface area contributed by atoms with Gasteiger partial charge in [-0.15, -0.1) is 0 Å². The van der Waals surface area contributed by atoms with Crippen LogP contribution >= 0.6 is 45.2 Å². The Kier molecular flexibility index (Phi) is 2.08. The van der Waals surface area contributed by atoms with Crippen molar-refractivity contribution in [3.63, 3.8) is 0 Å². The number of amides is 1. The molecule has 0 unspecified atom stereocenters. The molecule has 0 heterocycles. The van der Waals surface area contributed by atoms with E-state index in [9.17, 15) is 10.1 Å². The standard InChI is InChI=1S/C16H18I2N2O/c1-6(2)20(7(3)4)12(21)14-8-9-13(5-19)10(8)16(14,18)11(13)15(9,14)17/h6-11H,1-4H3/t8?,9-,10-,11?,13?,14?,15+,16+/m1/s1. The molecule has 0 radical (unpaired) electrons. The Balaban J connectivity index is 1.57. The summed E-state index contributed by atoms with van der Waals surface area (Å²) in [6.07, 6.45) is 0. The molecule has 3 nitrogen and oxygen atoms in total. The largest absolute Gasteiger partial charge is 0.337 e. The molecular formula is C16H18I2N2O. The average molecular weight is 508 g/mol. The van der Waals surface area contributed by atoms with Crippen molar-refractivity contribution in [3.8, 4) is 6.07 Å². The molecule has 0 N–H and O–H groups in total. The highest BCUT2D eigenvalue weighted by Gasteiger charge is 3.22. The van der Waals surface area contributed by atoms with E-state index in [1.54, 1.807) is 0 Å². The smallest absolute Gasteiger partial charge is 0.232 e. The van der Waals surface area contributed by atoms with E-state index < -0.39 is 0 Å². The van der Waals surface area contributed by atoms with Gasteiger partial charge in [-0.3, -0.25) is 4.79 Å². The number of halogens is 2. The zero-order valence-corrected chi connectivity index (χ0v) is 16.8. The number of carbonyl (C=O) groups is 1. The van der Waals surface area contributed by atoms with Crippen LogP contribution in [0.15, 0.2) is 0 Å². The van der Waals surface area contributed by atoms with Gasteiger partial charge in [-0.2, -0.15) is 5.26 Å². The van der Waals surface area contributed by atoms with E-state index in [0.29, 0.717) is 29.6 Å². The van der Waals surface area contributed by atoms with Crippen molar-refractivity contribution in [3.05, 3.63) is 0 Å². The van der Waals surface area contributed by atoms with Crippen LogP contribution in [0, 0.1) is 45.8 Å². The first-order chi connectivity index (χ1) is 9.71. The Bertz CT molecular complexity index is 634. The lowest BCUT2D eigenvalue weighted by molar-refractivity contribution is -0.574. The van der Waals surface area contributed by atoms with E-state index >= 15 is 0 Å². The third-order valence-corrected chi connectivity index (χ3v) is 11.8. The summed E-state index contributed by atoms with van der Waals surface area (Å²) in [6, 6.07) is 3.14. The highest BCUT2D eigenvalue weighted by Crippen LogP contribution is 3.16. The lowest BCUT2D eigenvalue weighted by Gasteiger charge is -3.14. The van der Waals surface area contributed by atoms with Gasteiger partial charge in [-0.25, -0.2) is 0 Å². The van der Waals surface area contributed by atoms with Gasteiger partial charge >= 0.3 is 0 Å². The lowest BCUT2D eigenvalue weighted by Crippen LogP contribution is -3.22. The summed E-state index contributed by atoms with van der Waals surface area (Å²) in [5.41, 5.74) is -0.149. The Labute approximate surface area is 152 Å². The predicted molar refractivity (Wildman–Crippen MR) is 95.1 cm³/mol. The SMILES string of the molecule is CC(C)N(C(=O)C12C3[C@@H]4C5(C#N)C([C@@]41I)[C@@]2(I)[C@H]35)C(C)C. The molecule has 6 fully saturated rings. The molecule has 6 rings (SSSR count). The molecule has 0 saturated heterocycles. The van der Waals surface area contributed by atoms with Gasteiger partial charge in [0.25, 0.3) is 0 Å². The molecule has 21 heavy (non-hydrogen) atoms. The number of alkyl halides is 2. The number of hydrogen-bond donors (Lipinski definition) is 0. The summed E-state index contributed by atoms with van der Waals surface area (Å²) in [4.78, 5) is 15.5. The molecule has 5 heteroatoms. The van der Waals surface area contributed by atoms with Crippen molar-refractivity contribution in [2.75, 3.05) is 0 Å². The van der Waals surface area contributed by atoms with Gasteiger partial charge < -0.3 is 4.90 Å². The van der Waals surface area contributed by atoms with Crippen molar-refractivity contribution >= 4 is 51.1 Å².